The quantitative estimate of drug-likeness (QED) is 0.170. The lowest BCUT2D eigenvalue weighted by Gasteiger charge is -2.15. The fourth-order valence-corrected chi connectivity index (χ4v) is 8.22. The van der Waals surface area contributed by atoms with Crippen molar-refractivity contribution in [1.82, 2.24) is 9.13 Å². The minimum absolute atomic E-state index is 0.422. The van der Waals surface area contributed by atoms with E-state index in [-0.39, 0.29) is 0 Å². The Morgan fingerprint density at radius 2 is 0.880 bits per heavy atom. The van der Waals surface area contributed by atoms with Crippen molar-refractivity contribution >= 4 is 43.6 Å². The van der Waals surface area contributed by atoms with E-state index in [0.29, 0.717) is 11.8 Å². The highest BCUT2D eigenvalue weighted by atomic mass is 15.0. The van der Waals surface area contributed by atoms with E-state index in [2.05, 4.69) is 195 Å². The van der Waals surface area contributed by atoms with Gasteiger partial charge in [-0.05, 0) is 70.5 Å². The van der Waals surface area contributed by atoms with Gasteiger partial charge < -0.3 is 9.13 Å². The lowest BCUT2D eigenvalue weighted by atomic mass is 9.92. The topological polar surface area (TPSA) is 9.86 Å². The first kappa shape index (κ1) is 30.2. The number of nitrogens with zero attached hydrogens (tertiary/aromatic N) is 2. The van der Waals surface area contributed by atoms with Crippen LogP contribution in [0.5, 0.6) is 0 Å². The first-order chi connectivity index (χ1) is 24.5. The summed E-state index contributed by atoms with van der Waals surface area (Å²) >= 11 is 0. The summed E-state index contributed by atoms with van der Waals surface area (Å²) in [7, 11) is 0. The maximum atomic E-state index is 2.50. The number of aromatic nitrogens is 2. The van der Waals surface area contributed by atoms with Gasteiger partial charge in [-0.3, -0.25) is 0 Å². The molecule has 2 nitrogen and oxygen atoms in total. The molecule has 0 aliphatic heterocycles. The van der Waals surface area contributed by atoms with Crippen LogP contribution in [0.15, 0.2) is 158 Å². The number of hydrogen-bond donors (Lipinski definition) is 0. The van der Waals surface area contributed by atoms with Gasteiger partial charge in [-0.1, -0.05) is 149 Å². The lowest BCUT2D eigenvalue weighted by molar-refractivity contribution is 0.871. The van der Waals surface area contributed by atoms with E-state index < -0.39 is 0 Å². The maximum Gasteiger partial charge on any atom is 0.0619 e. The van der Waals surface area contributed by atoms with Crippen LogP contribution in [0.25, 0.3) is 77.2 Å². The molecular formula is C48H40N2. The molecule has 2 heterocycles. The highest BCUT2D eigenvalue weighted by Gasteiger charge is 2.22. The van der Waals surface area contributed by atoms with Crippen LogP contribution < -0.4 is 0 Å². The normalized spacial score (nSPS) is 12.0. The molecule has 50 heavy (non-hydrogen) atoms. The molecule has 0 atom stereocenters. The zero-order chi connectivity index (χ0) is 33.9. The fraction of sp³-hybridized carbons (Fsp3) is 0.125. The van der Waals surface area contributed by atoms with Crippen LogP contribution in [0.2, 0.25) is 0 Å². The van der Waals surface area contributed by atoms with E-state index in [1.165, 1.54) is 88.4 Å². The van der Waals surface area contributed by atoms with Gasteiger partial charge in [-0.25, -0.2) is 0 Å². The molecule has 0 amide bonds. The van der Waals surface area contributed by atoms with Gasteiger partial charge in [0, 0.05) is 38.4 Å². The standard InChI is InChI=1S/C48H40N2/c1-31(2)36-19-13-25-44-46(36)47-37(32(3)4)20-14-26-45(47)50(44)42-23-10-8-17-38(42)33-27-29-34(30-28-33)39-21-12-22-41-40-18-9-11-24-43(40)49(48(39)41)35-15-6-5-7-16-35/h5-32H,1-4H3. The third kappa shape index (κ3) is 4.63. The monoisotopic (exact) mass is 644 g/mol. The van der Waals surface area contributed by atoms with Crippen molar-refractivity contribution < 1.29 is 0 Å². The molecule has 0 bridgehead atoms. The van der Waals surface area contributed by atoms with Crippen molar-refractivity contribution in [3.05, 3.63) is 169 Å². The van der Waals surface area contributed by atoms with E-state index in [9.17, 15) is 0 Å². The first-order valence-electron chi connectivity index (χ1n) is 17.8. The van der Waals surface area contributed by atoms with Crippen molar-refractivity contribution in [3.63, 3.8) is 0 Å². The van der Waals surface area contributed by atoms with E-state index in [0.717, 1.165) is 0 Å². The zero-order valence-electron chi connectivity index (χ0n) is 29.1. The molecule has 9 aromatic rings. The van der Waals surface area contributed by atoms with Crippen molar-refractivity contribution in [3.8, 4) is 33.6 Å². The van der Waals surface area contributed by atoms with Gasteiger partial charge in [0.25, 0.3) is 0 Å². The Balaban J connectivity index is 1.24. The second kappa shape index (κ2) is 11.9. The zero-order valence-corrected chi connectivity index (χ0v) is 29.1. The van der Waals surface area contributed by atoms with Crippen molar-refractivity contribution in [2.45, 2.75) is 39.5 Å². The summed E-state index contributed by atoms with van der Waals surface area (Å²) in [6.07, 6.45) is 0. The van der Waals surface area contributed by atoms with Crippen LogP contribution in [-0.2, 0) is 0 Å². The van der Waals surface area contributed by atoms with Crippen LogP contribution >= 0.6 is 0 Å². The summed E-state index contributed by atoms with van der Waals surface area (Å²) in [6.45, 7) is 9.24. The molecule has 0 saturated heterocycles. The Labute approximate surface area is 293 Å². The molecule has 0 aliphatic carbocycles. The molecule has 0 fully saturated rings. The predicted molar refractivity (Wildman–Crippen MR) is 214 cm³/mol. The summed E-state index contributed by atoms with van der Waals surface area (Å²) in [5.74, 6) is 0.844. The van der Waals surface area contributed by atoms with Crippen molar-refractivity contribution in [2.75, 3.05) is 0 Å². The Morgan fingerprint density at radius 1 is 0.380 bits per heavy atom. The molecule has 2 heteroatoms. The Bertz CT molecular complexity index is 2620. The smallest absolute Gasteiger partial charge is 0.0619 e. The van der Waals surface area contributed by atoms with Gasteiger partial charge in [0.2, 0.25) is 0 Å². The first-order valence-corrected chi connectivity index (χ1v) is 17.8. The Kier molecular flexibility index (Phi) is 7.21. The fourth-order valence-electron chi connectivity index (χ4n) is 8.22. The molecular weight excluding hydrogens is 605 g/mol. The van der Waals surface area contributed by atoms with E-state index >= 15 is 0 Å². The second-order valence-electron chi connectivity index (χ2n) is 14.1. The number of fused-ring (bicyclic) bond motifs is 6. The SMILES string of the molecule is CC(C)c1cccc2c1c1c(C(C)C)cccc1n2-c1ccccc1-c1ccc(-c2cccc3c4ccccc4n(-c4ccccc4)c23)cc1. The molecule has 0 aliphatic rings. The largest absolute Gasteiger partial charge is 0.309 e. The molecule has 242 valence electrons. The lowest BCUT2D eigenvalue weighted by Crippen LogP contribution is -1.98. The van der Waals surface area contributed by atoms with Crippen LogP contribution in [0, 0.1) is 0 Å². The summed E-state index contributed by atoms with van der Waals surface area (Å²) in [5.41, 5.74) is 15.0. The molecule has 0 N–H and O–H groups in total. The van der Waals surface area contributed by atoms with Gasteiger partial charge in [-0.15, -0.1) is 0 Å². The molecule has 0 radical (unpaired) electrons. The minimum atomic E-state index is 0.422. The third-order valence-electron chi connectivity index (χ3n) is 10.5. The highest BCUT2D eigenvalue weighted by molar-refractivity contribution is 6.14. The maximum absolute atomic E-state index is 2.50. The van der Waals surface area contributed by atoms with Gasteiger partial charge >= 0.3 is 0 Å². The summed E-state index contributed by atoms with van der Waals surface area (Å²) < 4.78 is 4.92. The second-order valence-corrected chi connectivity index (χ2v) is 14.1. The Hall–Kier alpha value is -5.86. The minimum Gasteiger partial charge on any atom is -0.309 e. The Morgan fingerprint density at radius 3 is 1.54 bits per heavy atom. The number of rotatable bonds is 6. The van der Waals surface area contributed by atoms with Crippen LogP contribution in [0.3, 0.4) is 0 Å². The highest BCUT2D eigenvalue weighted by Crippen LogP contribution is 2.43. The summed E-state index contributed by atoms with van der Waals surface area (Å²) in [6, 6.07) is 58.0. The third-order valence-corrected chi connectivity index (χ3v) is 10.5. The average molecular weight is 645 g/mol. The number of hydrogen-bond acceptors (Lipinski definition) is 0. The van der Waals surface area contributed by atoms with Crippen molar-refractivity contribution in [1.29, 1.82) is 0 Å². The average Bonchev–Trinajstić information content (AvgIpc) is 3.68. The van der Waals surface area contributed by atoms with Gasteiger partial charge in [0.05, 0.1) is 27.8 Å². The van der Waals surface area contributed by atoms with Crippen LogP contribution in [0.4, 0.5) is 0 Å². The summed E-state index contributed by atoms with van der Waals surface area (Å²) in [5, 5.41) is 5.30. The molecule has 2 aromatic heterocycles. The molecule has 7 aromatic carbocycles. The van der Waals surface area contributed by atoms with Gasteiger partial charge in [-0.2, -0.15) is 0 Å². The predicted octanol–water partition coefficient (Wildman–Crippen LogP) is 13.5. The van der Waals surface area contributed by atoms with Crippen LogP contribution in [-0.4, -0.2) is 9.13 Å². The van der Waals surface area contributed by atoms with E-state index in [4.69, 9.17) is 0 Å². The number of para-hydroxylation sites is 4. The molecule has 0 saturated carbocycles. The molecule has 0 spiro atoms. The van der Waals surface area contributed by atoms with Crippen molar-refractivity contribution in [2.24, 2.45) is 0 Å². The summed E-state index contributed by atoms with van der Waals surface area (Å²) in [4.78, 5) is 0. The van der Waals surface area contributed by atoms with E-state index in [1.54, 1.807) is 0 Å². The van der Waals surface area contributed by atoms with Gasteiger partial charge in [0.1, 0.15) is 0 Å². The molecule has 0 unspecified atom stereocenters. The van der Waals surface area contributed by atoms with Gasteiger partial charge in [0.15, 0.2) is 0 Å². The van der Waals surface area contributed by atoms with E-state index in [1.807, 2.05) is 0 Å². The van der Waals surface area contributed by atoms with Crippen LogP contribution in [0.1, 0.15) is 50.7 Å². The number of benzene rings is 7. The molecule has 9 rings (SSSR count).